The Hall–Kier alpha value is -1.60. The number of nitrogens with one attached hydrogen (secondary N) is 1. The number of likely N-dealkylation sites (N-methyl/N-ethyl adjacent to an activating group) is 1. The van der Waals surface area contributed by atoms with Crippen LogP contribution in [0.2, 0.25) is 0 Å². The molecule has 1 atom stereocenters. The van der Waals surface area contributed by atoms with Crippen molar-refractivity contribution in [2.75, 3.05) is 19.0 Å². The fourth-order valence-electron chi connectivity index (χ4n) is 1.46. The van der Waals surface area contributed by atoms with Gasteiger partial charge in [-0.2, -0.15) is 0 Å². The summed E-state index contributed by atoms with van der Waals surface area (Å²) >= 11 is 0. The first-order valence-electron chi connectivity index (χ1n) is 5.29. The van der Waals surface area contributed by atoms with Crippen molar-refractivity contribution in [3.63, 3.8) is 0 Å². The minimum absolute atomic E-state index is 0.0584. The minimum Gasteiger partial charge on any atom is -0.480 e. The third kappa shape index (κ3) is 2.80. The maximum atomic E-state index is 11.8. The van der Waals surface area contributed by atoms with Crippen molar-refractivity contribution in [2.24, 2.45) is 0 Å². The van der Waals surface area contributed by atoms with Gasteiger partial charge in [-0.05, 0) is 26.1 Å². The van der Waals surface area contributed by atoms with Crippen molar-refractivity contribution in [1.29, 1.82) is 0 Å². The monoisotopic (exact) mass is 272 g/mol. The summed E-state index contributed by atoms with van der Waals surface area (Å²) in [5.41, 5.74) is 0.349. The van der Waals surface area contributed by atoms with Gasteiger partial charge in [-0.15, -0.1) is 0 Å². The molecule has 1 aromatic carbocycles. The van der Waals surface area contributed by atoms with Crippen molar-refractivity contribution in [1.82, 2.24) is 4.72 Å². The van der Waals surface area contributed by atoms with Gasteiger partial charge in [0, 0.05) is 7.05 Å². The highest BCUT2D eigenvalue weighted by molar-refractivity contribution is 7.89. The molecule has 0 spiro atoms. The van der Waals surface area contributed by atoms with Gasteiger partial charge in [0.25, 0.3) is 0 Å². The Bertz CT molecular complexity index is 542. The van der Waals surface area contributed by atoms with Crippen LogP contribution in [0.3, 0.4) is 0 Å². The van der Waals surface area contributed by atoms with Crippen molar-refractivity contribution >= 4 is 21.7 Å². The smallest absolute Gasteiger partial charge is 0.326 e. The number of nitrogens with zero attached hydrogens (tertiary/aromatic N) is 1. The van der Waals surface area contributed by atoms with Crippen molar-refractivity contribution < 1.29 is 18.3 Å². The number of benzene rings is 1. The topological polar surface area (TPSA) is 86.7 Å². The van der Waals surface area contributed by atoms with Gasteiger partial charge in [0.1, 0.15) is 10.9 Å². The van der Waals surface area contributed by atoms with E-state index in [1.54, 1.807) is 25.2 Å². The van der Waals surface area contributed by atoms with Crippen LogP contribution in [0.4, 0.5) is 5.69 Å². The number of sulfonamides is 1. The van der Waals surface area contributed by atoms with Crippen LogP contribution >= 0.6 is 0 Å². The second kappa shape index (κ2) is 5.36. The van der Waals surface area contributed by atoms with Crippen molar-refractivity contribution in [3.05, 3.63) is 24.3 Å². The predicted molar refractivity (Wildman–Crippen MR) is 68.2 cm³/mol. The molecule has 1 aromatic rings. The number of anilines is 1. The number of hydrogen-bond donors (Lipinski definition) is 2. The summed E-state index contributed by atoms with van der Waals surface area (Å²) < 4.78 is 25.9. The lowest BCUT2D eigenvalue weighted by Crippen LogP contribution is -2.37. The molecule has 0 fully saturated rings. The van der Waals surface area contributed by atoms with Gasteiger partial charge in [0.2, 0.25) is 10.0 Å². The largest absolute Gasteiger partial charge is 0.480 e. The summed E-state index contributed by atoms with van der Waals surface area (Å²) in [5, 5.41) is 8.96. The Morgan fingerprint density at radius 1 is 1.39 bits per heavy atom. The Balaban J connectivity index is 3.30. The lowest BCUT2D eigenvalue weighted by molar-refractivity contribution is -0.138. The van der Waals surface area contributed by atoms with Crippen molar-refractivity contribution in [2.45, 2.75) is 17.9 Å². The fraction of sp³-hybridized carbons (Fsp3) is 0.364. The number of carbonyl (C=O) groups is 1. The zero-order valence-corrected chi connectivity index (χ0v) is 11.2. The SMILES string of the molecule is CNS(=O)(=O)c1ccccc1N(C)C(C)C(=O)O. The van der Waals surface area contributed by atoms with E-state index >= 15 is 0 Å². The van der Waals surface area contributed by atoms with Gasteiger partial charge >= 0.3 is 5.97 Å². The van der Waals surface area contributed by atoms with E-state index in [2.05, 4.69) is 4.72 Å². The van der Waals surface area contributed by atoms with Crippen LogP contribution in [0, 0.1) is 0 Å². The molecule has 0 bridgehead atoms. The number of aliphatic carboxylic acids is 1. The maximum Gasteiger partial charge on any atom is 0.326 e. The van der Waals surface area contributed by atoms with Crippen LogP contribution in [-0.4, -0.2) is 39.6 Å². The van der Waals surface area contributed by atoms with E-state index in [0.29, 0.717) is 5.69 Å². The van der Waals surface area contributed by atoms with E-state index in [1.165, 1.54) is 24.9 Å². The third-order valence-electron chi connectivity index (χ3n) is 2.74. The zero-order valence-electron chi connectivity index (χ0n) is 10.4. The van der Waals surface area contributed by atoms with Gasteiger partial charge in [-0.1, -0.05) is 12.1 Å². The predicted octanol–water partition coefficient (Wildman–Crippen LogP) is 0.504. The molecular weight excluding hydrogens is 256 g/mol. The average molecular weight is 272 g/mol. The van der Waals surface area contributed by atoms with Crippen LogP contribution in [-0.2, 0) is 14.8 Å². The molecule has 0 aliphatic carbocycles. The second-order valence-corrected chi connectivity index (χ2v) is 5.66. The summed E-state index contributed by atoms with van der Waals surface area (Å²) in [7, 11) is -0.761. The van der Waals surface area contributed by atoms with E-state index in [9.17, 15) is 13.2 Å². The molecule has 0 amide bonds. The van der Waals surface area contributed by atoms with E-state index in [0.717, 1.165) is 0 Å². The summed E-state index contributed by atoms with van der Waals surface area (Å²) in [6.07, 6.45) is 0. The molecule has 7 heteroatoms. The Labute approximate surface area is 106 Å². The number of para-hydroxylation sites is 1. The highest BCUT2D eigenvalue weighted by Crippen LogP contribution is 2.25. The zero-order chi connectivity index (χ0) is 13.9. The van der Waals surface area contributed by atoms with E-state index in [4.69, 9.17) is 5.11 Å². The lowest BCUT2D eigenvalue weighted by Gasteiger charge is -2.25. The maximum absolute atomic E-state index is 11.8. The Kier molecular flexibility index (Phi) is 4.31. The van der Waals surface area contributed by atoms with Crippen LogP contribution in [0.15, 0.2) is 29.2 Å². The van der Waals surface area contributed by atoms with Crippen LogP contribution in [0.25, 0.3) is 0 Å². The molecule has 0 saturated carbocycles. The molecule has 0 aliphatic heterocycles. The molecule has 0 aliphatic rings. The summed E-state index contributed by atoms with van der Waals surface area (Å²) in [6, 6.07) is 5.44. The average Bonchev–Trinajstić information content (AvgIpc) is 2.36. The van der Waals surface area contributed by atoms with Crippen LogP contribution in [0.5, 0.6) is 0 Å². The highest BCUT2D eigenvalue weighted by atomic mass is 32.2. The first kappa shape index (κ1) is 14.5. The standard InChI is InChI=1S/C11H16N2O4S/c1-8(11(14)15)13(3)9-6-4-5-7-10(9)18(16,17)12-2/h4-8,12H,1-3H3,(H,14,15). The van der Waals surface area contributed by atoms with Gasteiger partial charge in [0.05, 0.1) is 5.69 Å². The minimum atomic E-state index is -3.62. The van der Waals surface area contributed by atoms with Crippen molar-refractivity contribution in [3.8, 4) is 0 Å². The molecule has 2 N–H and O–H groups in total. The number of hydrogen-bond acceptors (Lipinski definition) is 4. The lowest BCUT2D eigenvalue weighted by atomic mass is 10.2. The van der Waals surface area contributed by atoms with Gasteiger partial charge in [-0.25, -0.2) is 17.9 Å². The normalized spacial score (nSPS) is 13.1. The molecule has 100 valence electrons. The molecule has 1 rings (SSSR count). The molecule has 6 nitrogen and oxygen atoms in total. The third-order valence-corrected chi connectivity index (χ3v) is 4.20. The molecule has 0 radical (unpaired) electrons. The molecule has 1 unspecified atom stereocenters. The highest BCUT2D eigenvalue weighted by Gasteiger charge is 2.23. The molecule has 0 heterocycles. The number of carboxylic acid groups (broad SMARTS) is 1. The van der Waals surface area contributed by atoms with Crippen LogP contribution in [0.1, 0.15) is 6.92 Å². The van der Waals surface area contributed by atoms with Crippen LogP contribution < -0.4 is 9.62 Å². The van der Waals surface area contributed by atoms with E-state index in [1.807, 2.05) is 0 Å². The second-order valence-electron chi connectivity index (χ2n) is 3.80. The van der Waals surface area contributed by atoms with Gasteiger partial charge in [-0.3, -0.25) is 0 Å². The summed E-state index contributed by atoms with van der Waals surface area (Å²) in [5.74, 6) is -1.02. The molecule has 0 saturated heterocycles. The van der Waals surface area contributed by atoms with E-state index in [-0.39, 0.29) is 4.90 Å². The van der Waals surface area contributed by atoms with Gasteiger partial charge < -0.3 is 10.0 Å². The first-order chi connectivity index (χ1) is 8.31. The first-order valence-corrected chi connectivity index (χ1v) is 6.77. The number of rotatable bonds is 5. The Morgan fingerprint density at radius 3 is 2.44 bits per heavy atom. The number of carboxylic acids is 1. The molecule has 0 aromatic heterocycles. The quantitative estimate of drug-likeness (QED) is 0.815. The van der Waals surface area contributed by atoms with E-state index < -0.39 is 22.0 Å². The fourth-order valence-corrected chi connectivity index (χ4v) is 2.43. The summed E-state index contributed by atoms with van der Waals surface area (Å²) in [6.45, 7) is 1.49. The van der Waals surface area contributed by atoms with Gasteiger partial charge in [0.15, 0.2) is 0 Å². The summed E-state index contributed by atoms with van der Waals surface area (Å²) in [4.78, 5) is 12.4. The molecular formula is C11H16N2O4S. The Morgan fingerprint density at radius 2 is 1.94 bits per heavy atom. The molecule has 18 heavy (non-hydrogen) atoms.